The summed E-state index contributed by atoms with van der Waals surface area (Å²) in [6, 6.07) is 17.6. The lowest BCUT2D eigenvalue weighted by atomic mass is 9.97. The summed E-state index contributed by atoms with van der Waals surface area (Å²) in [4.78, 5) is 7.12. The molecule has 1 saturated heterocycles. The first kappa shape index (κ1) is 21.8. The number of piperidine rings is 1. The number of benzene rings is 2. The van der Waals surface area contributed by atoms with Gasteiger partial charge in [-0.15, -0.1) is 17.0 Å². The van der Waals surface area contributed by atoms with Crippen LogP contribution in [-0.2, 0) is 0 Å². The largest absolute Gasteiger partial charge is 0.508 e. The van der Waals surface area contributed by atoms with Crippen molar-refractivity contribution in [3.63, 3.8) is 0 Å². The van der Waals surface area contributed by atoms with E-state index in [2.05, 4.69) is 50.4 Å². The number of fused-ring (bicyclic) bond motifs is 1. The smallest absolute Gasteiger partial charge is 0.182 e. The number of H-pyrrole nitrogens is 1. The number of hydrogen-bond acceptors (Lipinski definition) is 5. The summed E-state index contributed by atoms with van der Waals surface area (Å²) < 4.78 is 0. The van der Waals surface area contributed by atoms with Crippen molar-refractivity contribution in [1.29, 1.82) is 5.26 Å². The van der Waals surface area contributed by atoms with Gasteiger partial charge in [-0.3, -0.25) is 5.10 Å². The molecule has 0 bridgehead atoms. The number of rotatable bonds is 3. The first-order chi connectivity index (χ1) is 15.2. The van der Waals surface area contributed by atoms with Gasteiger partial charge in [0.1, 0.15) is 11.8 Å². The molecule has 0 atom stereocenters. The van der Waals surface area contributed by atoms with Crippen molar-refractivity contribution >= 4 is 33.7 Å². The number of pyridine rings is 1. The monoisotopic (exact) mass is 489 g/mol. The van der Waals surface area contributed by atoms with Crippen molar-refractivity contribution in [3.05, 3.63) is 59.7 Å². The third-order valence-corrected chi connectivity index (χ3v) is 6.08. The highest BCUT2D eigenvalue weighted by Gasteiger charge is 2.19. The van der Waals surface area contributed by atoms with Gasteiger partial charge in [-0.25, -0.2) is 4.98 Å². The van der Waals surface area contributed by atoms with Gasteiger partial charge in [0.05, 0.1) is 22.3 Å². The van der Waals surface area contributed by atoms with Gasteiger partial charge < -0.3 is 10.0 Å². The van der Waals surface area contributed by atoms with Crippen molar-refractivity contribution in [1.82, 2.24) is 15.2 Å². The minimum absolute atomic E-state index is 0. The highest BCUT2D eigenvalue weighted by atomic mass is 79.9. The number of phenolic OH excluding ortho intramolecular Hbond substituents is 1. The lowest BCUT2D eigenvalue weighted by Gasteiger charge is -2.28. The van der Waals surface area contributed by atoms with Gasteiger partial charge in [0.2, 0.25) is 0 Å². The van der Waals surface area contributed by atoms with E-state index in [1.807, 2.05) is 6.92 Å². The van der Waals surface area contributed by atoms with E-state index in [4.69, 9.17) is 0 Å². The summed E-state index contributed by atoms with van der Waals surface area (Å²) in [5.41, 5.74) is 6.43. The normalized spacial score (nSPS) is 13.6. The van der Waals surface area contributed by atoms with Crippen molar-refractivity contribution in [2.24, 2.45) is 0 Å². The summed E-state index contributed by atoms with van der Waals surface area (Å²) in [6.07, 6.45) is 3.81. The lowest BCUT2D eigenvalue weighted by molar-refractivity contribution is 0.475. The van der Waals surface area contributed by atoms with Gasteiger partial charge in [0.25, 0.3) is 0 Å². The maximum absolute atomic E-state index is 9.88. The fraction of sp³-hybridized carbons (Fsp3) is 0.240. The Kier molecular flexibility index (Phi) is 6.15. The molecule has 7 heteroatoms. The van der Waals surface area contributed by atoms with E-state index in [1.54, 1.807) is 24.3 Å². The van der Waals surface area contributed by atoms with Crippen molar-refractivity contribution in [3.8, 4) is 34.3 Å². The molecule has 1 fully saturated rings. The molecule has 4 aromatic rings. The fourth-order valence-corrected chi connectivity index (χ4v) is 4.40. The molecule has 32 heavy (non-hydrogen) atoms. The first-order valence-electron chi connectivity index (χ1n) is 10.6. The van der Waals surface area contributed by atoms with Crippen LogP contribution in [0.15, 0.2) is 48.5 Å². The Labute approximate surface area is 197 Å². The van der Waals surface area contributed by atoms with Crippen LogP contribution in [0.3, 0.4) is 0 Å². The predicted octanol–water partition coefficient (Wildman–Crippen LogP) is 5.75. The molecule has 2 aromatic heterocycles. The number of aromatic amines is 1. The molecule has 1 aliphatic heterocycles. The molecule has 0 amide bonds. The highest BCUT2D eigenvalue weighted by molar-refractivity contribution is 8.93. The van der Waals surface area contributed by atoms with Gasteiger partial charge in [-0.1, -0.05) is 12.1 Å². The zero-order chi connectivity index (χ0) is 21.4. The standard InChI is InChI=1S/C25H23N5O.BrH/c1-16-21(15-26)23(17-7-11-20(31)12-8-17)27-25-22(16)24(28-29-25)18-5-9-19(10-6-18)30-13-3-2-4-14-30;/h5-12,31H,2-4,13-14H2,1H3,(H,27,28,29);1H. The van der Waals surface area contributed by atoms with Gasteiger partial charge >= 0.3 is 0 Å². The summed E-state index contributed by atoms with van der Waals surface area (Å²) in [6.45, 7) is 4.16. The maximum atomic E-state index is 9.88. The molecule has 6 nitrogen and oxygen atoms in total. The number of halogens is 1. The molecule has 0 aliphatic carbocycles. The molecule has 1 aliphatic rings. The maximum Gasteiger partial charge on any atom is 0.182 e. The second-order valence-corrected chi connectivity index (χ2v) is 8.01. The van der Waals surface area contributed by atoms with E-state index in [0.29, 0.717) is 16.9 Å². The van der Waals surface area contributed by atoms with Crippen LogP contribution in [0.1, 0.15) is 30.4 Å². The zero-order valence-corrected chi connectivity index (χ0v) is 19.5. The number of aromatic hydroxyl groups is 1. The molecule has 0 saturated carbocycles. The van der Waals surface area contributed by atoms with Crippen molar-refractivity contribution in [2.45, 2.75) is 26.2 Å². The Morgan fingerprint density at radius 2 is 1.62 bits per heavy atom. The minimum atomic E-state index is 0. The Bertz CT molecular complexity index is 1280. The van der Waals surface area contributed by atoms with Crippen LogP contribution in [0.5, 0.6) is 5.75 Å². The van der Waals surface area contributed by atoms with Crippen LogP contribution in [0.25, 0.3) is 33.5 Å². The summed E-state index contributed by atoms with van der Waals surface area (Å²) in [7, 11) is 0. The molecule has 2 N–H and O–H groups in total. The first-order valence-corrected chi connectivity index (χ1v) is 10.6. The average Bonchev–Trinajstić information content (AvgIpc) is 3.25. The molecule has 5 rings (SSSR count). The van der Waals surface area contributed by atoms with Crippen LogP contribution < -0.4 is 4.90 Å². The average molecular weight is 490 g/mol. The third-order valence-electron chi connectivity index (χ3n) is 6.08. The Morgan fingerprint density at radius 3 is 2.28 bits per heavy atom. The van der Waals surface area contributed by atoms with Gasteiger partial charge in [-0.05, 0) is 68.1 Å². The molecule has 2 aromatic carbocycles. The Hall–Kier alpha value is -3.37. The number of nitriles is 1. The van der Waals surface area contributed by atoms with Crippen molar-refractivity contribution < 1.29 is 5.11 Å². The fourth-order valence-electron chi connectivity index (χ4n) is 4.40. The van der Waals surface area contributed by atoms with E-state index < -0.39 is 0 Å². The van der Waals surface area contributed by atoms with Crippen LogP contribution >= 0.6 is 17.0 Å². The molecular weight excluding hydrogens is 466 g/mol. The van der Waals surface area contributed by atoms with E-state index in [-0.39, 0.29) is 22.7 Å². The molecule has 0 radical (unpaired) electrons. The molecular formula is C25H24BrN5O. The topological polar surface area (TPSA) is 88.8 Å². The number of hydrogen-bond donors (Lipinski definition) is 2. The zero-order valence-electron chi connectivity index (χ0n) is 17.8. The quantitative estimate of drug-likeness (QED) is 0.382. The van der Waals surface area contributed by atoms with E-state index >= 15 is 0 Å². The third kappa shape index (κ3) is 3.82. The van der Waals surface area contributed by atoms with Crippen LogP contribution in [0.4, 0.5) is 5.69 Å². The number of anilines is 1. The van der Waals surface area contributed by atoms with E-state index in [1.165, 1.54) is 24.9 Å². The number of aromatic nitrogens is 3. The summed E-state index contributed by atoms with van der Waals surface area (Å²) in [5.74, 6) is 0.176. The second-order valence-electron chi connectivity index (χ2n) is 8.01. The Morgan fingerprint density at radius 1 is 0.969 bits per heavy atom. The number of nitrogens with zero attached hydrogens (tertiary/aromatic N) is 4. The van der Waals surface area contributed by atoms with Crippen LogP contribution in [0.2, 0.25) is 0 Å². The molecule has 162 valence electrons. The highest BCUT2D eigenvalue weighted by Crippen LogP contribution is 2.35. The lowest BCUT2D eigenvalue weighted by Crippen LogP contribution is -2.29. The molecule has 0 spiro atoms. The van der Waals surface area contributed by atoms with Crippen LogP contribution in [-0.4, -0.2) is 33.4 Å². The summed E-state index contributed by atoms with van der Waals surface area (Å²) in [5, 5.41) is 27.9. The van der Waals surface area contributed by atoms with Gasteiger partial charge in [0, 0.05) is 29.9 Å². The van der Waals surface area contributed by atoms with E-state index in [0.717, 1.165) is 40.9 Å². The second kappa shape index (κ2) is 9.01. The van der Waals surface area contributed by atoms with Gasteiger partial charge in [-0.2, -0.15) is 10.4 Å². The SMILES string of the molecule is Br.Cc1c(C#N)c(-c2ccc(O)cc2)nc2n[nH]c(-c3ccc(N4CCCCC4)cc3)c12. The van der Waals surface area contributed by atoms with Crippen molar-refractivity contribution in [2.75, 3.05) is 18.0 Å². The number of aryl methyl sites for hydroxylation is 1. The molecule has 3 heterocycles. The number of nitrogens with one attached hydrogen (secondary N) is 1. The number of phenols is 1. The Balaban J connectivity index is 0.00000245. The van der Waals surface area contributed by atoms with Gasteiger partial charge in [0.15, 0.2) is 5.65 Å². The van der Waals surface area contributed by atoms with E-state index in [9.17, 15) is 10.4 Å². The predicted molar refractivity (Wildman–Crippen MR) is 132 cm³/mol. The molecule has 0 unspecified atom stereocenters. The summed E-state index contributed by atoms with van der Waals surface area (Å²) >= 11 is 0. The van der Waals surface area contributed by atoms with Crippen LogP contribution in [0, 0.1) is 18.3 Å². The minimum Gasteiger partial charge on any atom is -0.508 e.